The predicted octanol–water partition coefficient (Wildman–Crippen LogP) is 9.34. The second kappa shape index (κ2) is 15.0. The minimum absolute atomic E-state index is 0.0918. The van der Waals surface area contributed by atoms with Gasteiger partial charge in [0.15, 0.2) is 0 Å². The van der Waals surface area contributed by atoms with Gasteiger partial charge in [-0.1, -0.05) is 36.4 Å². The second-order valence-corrected chi connectivity index (χ2v) is 15.8. The van der Waals surface area contributed by atoms with Crippen molar-refractivity contribution >= 4 is 28.5 Å². The molecule has 0 unspecified atom stereocenters. The van der Waals surface area contributed by atoms with Gasteiger partial charge in [-0.3, -0.25) is 24.8 Å². The highest BCUT2D eigenvalue weighted by Gasteiger charge is 2.41. The lowest BCUT2D eigenvalue weighted by molar-refractivity contribution is -0.137. The summed E-state index contributed by atoms with van der Waals surface area (Å²) >= 11 is 0. The van der Waals surface area contributed by atoms with Crippen LogP contribution in [-0.2, 0) is 21.5 Å². The average Bonchev–Trinajstić information content (AvgIpc) is 4.03. The molecule has 2 amide bonds. The Balaban J connectivity index is 0.982. The van der Waals surface area contributed by atoms with E-state index in [-0.39, 0.29) is 23.2 Å². The van der Waals surface area contributed by atoms with Crippen LogP contribution in [0.25, 0.3) is 22.2 Å². The minimum Gasteiger partial charge on any atom is -0.363 e. The van der Waals surface area contributed by atoms with Gasteiger partial charge in [-0.05, 0) is 119 Å². The second-order valence-electron chi connectivity index (χ2n) is 15.8. The molecule has 0 radical (unpaired) electrons. The van der Waals surface area contributed by atoms with Crippen molar-refractivity contribution in [2.24, 2.45) is 0 Å². The summed E-state index contributed by atoms with van der Waals surface area (Å²) in [6, 6.07) is 16.5. The Bertz CT molecular complexity index is 2340. The summed E-state index contributed by atoms with van der Waals surface area (Å²) in [6.45, 7) is 7.39. The van der Waals surface area contributed by atoms with Crippen LogP contribution in [0.15, 0.2) is 66.9 Å². The number of aryl methyl sites for hydroxylation is 1. The molecule has 4 heterocycles. The summed E-state index contributed by atoms with van der Waals surface area (Å²) in [7, 11) is 0. The Hall–Kier alpha value is -5.23. The molecule has 0 bridgehead atoms. The first kappa shape index (κ1) is 37.7. The topological polar surface area (TPSA) is 100 Å². The number of nitrogens with one attached hydrogen (secondary N) is 2. The molecule has 1 saturated carbocycles. The summed E-state index contributed by atoms with van der Waals surface area (Å²) in [5.41, 5.74) is 4.76. The lowest BCUT2D eigenvalue weighted by atomic mass is 9.73. The zero-order valence-electron chi connectivity index (χ0n) is 31.6. The van der Waals surface area contributed by atoms with Crippen molar-refractivity contribution in [2.75, 3.05) is 18.4 Å². The number of fused-ring (bicyclic) bond motifs is 1. The molecule has 3 aromatic carbocycles. The van der Waals surface area contributed by atoms with Gasteiger partial charge in [0.1, 0.15) is 23.3 Å². The van der Waals surface area contributed by atoms with E-state index in [9.17, 15) is 18.4 Å². The van der Waals surface area contributed by atoms with E-state index >= 15 is 8.78 Å². The van der Waals surface area contributed by atoms with Crippen LogP contribution in [0.3, 0.4) is 0 Å². The van der Waals surface area contributed by atoms with Crippen LogP contribution in [0.1, 0.15) is 116 Å². The van der Waals surface area contributed by atoms with Crippen LogP contribution in [0.5, 0.6) is 0 Å². The molecule has 8 nitrogen and oxygen atoms in total. The number of piperidine rings is 2. The zero-order valence-corrected chi connectivity index (χ0v) is 31.6. The van der Waals surface area contributed by atoms with Crippen molar-refractivity contribution in [1.29, 1.82) is 0 Å². The fourth-order valence-electron chi connectivity index (χ4n) is 8.39. The van der Waals surface area contributed by atoms with E-state index in [1.807, 2.05) is 19.1 Å². The van der Waals surface area contributed by atoms with Crippen LogP contribution < -0.4 is 10.6 Å². The van der Waals surface area contributed by atoms with E-state index in [1.165, 1.54) is 29.3 Å². The third-order valence-electron chi connectivity index (χ3n) is 11.9. The maximum absolute atomic E-state index is 15.4. The number of carbonyl (C=O) groups excluding carboxylic acids is 2. The van der Waals surface area contributed by atoms with Gasteiger partial charge in [0.2, 0.25) is 11.8 Å². The van der Waals surface area contributed by atoms with Crippen molar-refractivity contribution < 1.29 is 27.2 Å². The zero-order chi connectivity index (χ0) is 39.3. The number of nitrogens with zero attached hydrogens (tertiary/aromatic N) is 4. The Morgan fingerprint density at radius 2 is 1.68 bits per heavy atom. The number of imide groups is 1. The number of hydrogen-bond donors (Lipinski definition) is 2. The molecule has 5 aromatic rings. The van der Waals surface area contributed by atoms with Crippen molar-refractivity contribution in [2.45, 2.75) is 95.6 Å². The smallest absolute Gasteiger partial charge is 0.266 e. The molecule has 2 aromatic heterocycles. The number of anilines is 1. The molecule has 290 valence electrons. The fraction of sp³-hybridized carbons (Fsp3) is 0.386. The number of carbonyl (C=O) groups is 2. The maximum atomic E-state index is 15.4. The van der Waals surface area contributed by atoms with E-state index in [0.29, 0.717) is 70.6 Å². The van der Waals surface area contributed by atoms with E-state index in [2.05, 4.69) is 48.7 Å². The molecule has 2 atom stereocenters. The van der Waals surface area contributed by atoms with Crippen molar-refractivity contribution in [3.63, 3.8) is 0 Å². The van der Waals surface area contributed by atoms with Crippen LogP contribution >= 0.6 is 0 Å². The van der Waals surface area contributed by atoms with Gasteiger partial charge in [-0.15, -0.1) is 0 Å². The fourth-order valence-corrected chi connectivity index (χ4v) is 8.39. The number of benzene rings is 3. The van der Waals surface area contributed by atoms with Crippen molar-refractivity contribution in [1.82, 2.24) is 25.2 Å². The summed E-state index contributed by atoms with van der Waals surface area (Å²) in [5, 5.41) is 6.33. The van der Waals surface area contributed by atoms with Crippen LogP contribution in [0.4, 0.5) is 23.4 Å². The molecule has 2 aliphatic heterocycles. The largest absolute Gasteiger partial charge is 0.363 e. The van der Waals surface area contributed by atoms with Gasteiger partial charge in [-0.2, -0.15) is 0 Å². The molecule has 2 saturated heterocycles. The molecule has 3 fully saturated rings. The summed E-state index contributed by atoms with van der Waals surface area (Å²) in [4.78, 5) is 40.8. The number of alkyl halides is 2. The summed E-state index contributed by atoms with van der Waals surface area (Å²) in [6.07, 6.45) is 3.67. The number of pyridine rings is 1. The predicted molar refractivity (Wildman–Crippen MR) is 206 cm³/mol. The van der Waals surface area contributed by atoms with E-state index in [0.717, 1.165) is 50.4 Å². The van der Waals surface area contributed by atoms with Crippen molar-refractivity contribution in [3.8, 4) is 11.3 Å². The standard InChI is InChI=1S/C44H44F4N6O2/c1-24(31-5-4-6-33(40(31)46)41(47)48)50-42-35-21-37(49-22-38(35)51-25(2)52-42)28-9-12-36(45)29(19-28)23-54-17-14-27(15-18-54)32-11-10-30(20-34(32)26-7-8-26)44(3)16-13-39(55)53-43(44)56/h4-6,9-12,19-22,24,26-27,41H,7-8,13-18,23H2,1-3H3,(H,50,51,52)(H,53,55,56)/t24-,44-/m1/s1. The lowest BCUT2D eigenvalue weighted by Gasteiger charge is -2.35. The number of rotatable bonds is 10. The highest BCUT2D eigenvalue weighted by molar-refractivity contribution is 6.03. The third kappa shape index (κ3) is 7.38. The van der Waals surface area contributed by atoms with E-state index in [4.69, 9.17) is 0 Å². The van der Waals surface area contributed by atoms with Crippen molar-refractivity contribution in [3.05, 3.63) is 118 Å². The Morgan fingerprint density at radius 3 is 2.41 bits per heavy atom. The number of amides is 2. The SMILES string of the molecule is Cc1nc(N[C@H](C)c2cccc(C(F)F)c2F)c2cc(-c3ccc(F)c(CN4CCC(c5ccc([C@@]6(C)CCC(=O)NC6=O)cc5C5CC5)CC4)c3)ncc2n1. The van der Waals surface area contributed by atoms with E-state index < -0.39 is 29.3 Å². The number of halogens is 4. The highest BCUT2D eigenvalue weighted by atomic mass is 19.3. The average molecular weight is 765 g/mol. The van der Waals surface area contributed by atoms with Gasteiger partial charge < -0.3 is 5.32 Å². The Labute approximate surface area is 323 Å². The first-order valence-electron chi connectivity index (χ1n) is 19.3. The maximum Gasteiger partial charge on any atom is 0.266 e. The molecule has 56 heavy (non-hydrogen) atoms. The Morgan fingerprint density at radius 1 is 0.929 bits per heavy atom. The van der Waals surface area contributed by atoms with Crippen LogP contribution in [0, 0.1) is 18.6 Å². The minimum atomic E-state index is -2.94. The summed E-state index contributed by atoms with van der Waals surface area (Å²) in [5.74, 6) is 0.0294. The molecular formula is C44H44F4N6O2. The molecule has 12 heteroatoms. The quantitative estimate of drug-likeness (QED) is 0.108. The highest BCUT2D eigenvalue weighted by Crippen LogP contribution is 2.47. The van der Waals surface area contributed by atoms with Crippen LogP contribution in [-0.4, -0.2) is 44.8 Å². The number of aromatic nitrogens is 3. The molecule has 1 aliphatic carbocycles. The molecule has 0 spiro atoms. The van der Waals surface area contributed by atoms with Gasteiger partial charge in [0, 0.05) is 35.0 Å². The lowest BCUT2D eigenvalue weighted by Crippen LogP contribution is -2.49. The Kier molecular flexibility index (Phi) is 10.1. The van der Waals surface area contributed by atoms with E-state index in [1.54, 1.807) is 26.1 Å². The van der Waals surface area contributed by atoms with Gasteiger partial charge in [0.05, 0.1) is 34.4 Å². The third-order valence-corrected chi connectivity index (χ3v) is 11.9. The first-order valence-corrected chi connectivity index (χ1v) is 19.3. The molecule has 3 aliphatic rings. The first-order chi connectivity index (χ1) is 26.9. The van der Waals surface area contributed by atoms with Crippen LogP contribution in [0.2, 0.25) is 0 Å². The summed E-state index contributed by atoms with van der Waals surface area (Å²) < 4.78 is 57.3. The molecular weight excluding hydrogens is 721 g/mol. The monoisotopic (exact) mass is 764 g/mol. The molecule has 2 N–H and O–H groups in total. The number of hydrogen-bond acceptors (Lipinski definition) is 7. The normalized spacial score (nSPS) is 20.1. The van der Waals surface area contributed by atoms with Gasteiger partial charge in [0.25, 0.3) is 6.43 Å². The number of likely N-dealkylation sites (tertiary alicyclic amines) is 1. The molecule has 8 rings (SSSR count). The van der Waals surface area contributed by atoms with Gasteiger partial charge in [-0.25, -0.2) is 27.5 Å². The van der Waals surface area contributed by atoms with Gasteiger partial charge >= 0.3 is 0 Å².